The summed E-state index contributed by atoms with van der Waals surface area (Å²) in [5.41, 5.74) is 0.188. The molecular formula is C14H14BrNO4. The molecule has 0 aliphatic rings. The van der Waals surface area contributed by atoms with Crippen LogP contribution in [0.4, 0.5) is 0 Å². The number of rotatable bonds is 3. The molecule has 0 fully saturated rings. The lowest BCUT2D eigenvalue weighted by molar-refractivity contribution is 0.0602. The van der Waals surface area contributed by atoms with E-state index in [0.717, 1.165) is 0 Å². The summed E-state index contributed by atoms with van der Waals surface area (Å²) in [6, 6.07) is 3.32. The van der Waals surface area contributed by atoms with Gasteiger partial charge in [0.25, 0.3) is 5.56 Å². The van der Waals surface area contributed by atoms with E-state index in [2.05, 4.69) is 15.9 Å². The predicted octanol–water partition coefficient (Wildman–Crippen LogP) is 2.58. The lowest BCUT2D eigenvalue weighted by atomic mass is 10.1. The van der Waals surface area contributed by atoms with Gasteiger partial charge in [-0.2, -0.15) is 0 Å². The van der Waals surface area contributed by atoms with E-state index in [1.54, 1.807) is 12.1 Å². The molecular weight excluding hydrogens is 326 g/mol. The Kier molecular flexibility index (Phi) is 4.13. The van der Waals surface area contributed by atoms with Crippen LogP contribution >= 0.6 is 15.9 Å². The number of pyridine rings is 1. The first-order valence-corrected chi connectivity index (χ1v) is 6.81. The van der Waals surface area contributed by atoms with E-state index in [-0.39, 0.29) is 5.56 Å². The Bertz CT molecular complexity index is 736. The van der Waals surface area contributed by atoms with Gasteiger partial charge in [0.1, 0.15) is 5.75 Å². The van der Waals surface area contributed by atoms with Crippen LogP contribution in [0.1, 0.15) is 17.3 Å². The molecule has 0 aliphatic heterocycles. The van der Waals surface area contributed by atoms with E-state index in [0.29, 0.717) is 33.1 Å². The molecule has 5 nitrogen and oxygen atoms in total. The maximum atomic E-state index is 12.3. The maximum Gasteiger partial charge on any atom is 0.339 e. The third-order valence-corrected chi connectivity index (χ3v) is 3.72. The third kappa shape index (κ3) is 2.31. The summed E-state index contributed by atoms with van der Waals surface area (Å²) in [6.45, 7) is 2.31. The molecule has 0 bridgehead atoms. The number of hydrogen-bond donors (Lipinski definition) is 0. The van der Waals surface area contributed by atoms with E-state index in [4.69, 9.17) is 9.47 Å². The average Bonchev–Trinajstić information content (AvgIpc) is 2.46. The van der Waals surface area contributed by atoms with Gasteiger partial charge in [-0.15, -0.1) is 0 Å². The van der Waals surface area contributed by atoms with Gasteiger partial charge in [-0.25, -0.2) is 4.79 Å². The molecule has 0 spiro atoms. The number of nitrogens with zero attached hydrogens (tertiary/aromatic N) is 1. The Morgan fingerprint density at radius 1 is 1.30 bits per heavy atom. The van der Waals surface area contributed by atoms with Gasteiger partial charge in [-0.1, -0.05) is 0 Å². The van der Waals surface area contributed by atoms with Crippen molar-refractivity contribution < 1.29 is 14.3 Å². The van der Waals surface area contributed by atoms with E-state index >= 15 is 0 Å². The Morgan fingerprint density at radius 3 is 2.55 bits per heavy atom. The number of methoxy groups -OCH3 is 2. The highest BCUT2D eigenvalue weighted by Crippen LogP contribution is 2.30. The van der Waals surface area contributed by atoms with Crippen molar-refractivity contribution in [1.29, 1.82) is 0 Å². The Labute approximate surface area is 124 Å². The van der Waals surface area contributed by atoms with Gasteiger partial charge >= 0.3 is 5.97 Å². The minimum atomic E-state index is -0.478. The second-order valence-electron chi connectivity index (χ2n) is 4.16. The molecule has 1 aromatic carbocycles. The SMILES string of the molecule is CCn1cc(C(=O)OC)c2cc(Br)c(OC)cc2c1=O. The molecule has 0 saturated heterocycles. The van der Waals surface area contributed by atoms with Gasteiger partial charge in [0.2, 0.25) is 0 Å². The highest BCUT2D eigenvalue weighted by Gasteiger charge is 2.17. The van der Waals surface area contributed by atoms with Crippen molar-refractivity contribution in [2.75, 3.05) is 14.2 Å². The third-order valence-electron chi connectivity index (χ3n) is 3.10. The van der Waals surface area contributed by atoms with Crippen LogP contribution < -0.4 is 10.3 Å². The van der Waals surface area contributed by atoms with Crippen LogP contribution in [0.25, 0.3) is 10.8 Å². The van der Waals surface area contributed by atoms with Gasteiger partial charge < -0.3 is 14.0 Å². The second-order valence-corrected chi connectivity index (χ2v) is 5.01. The molecule has 1 heterocycles. The molecule has 0 N–H and O–H groups in total. The number of benzene rings is 1. The molecule has 0 saturated carbocycles. The number of halogens is 1. The van der Waals surface area contributed by atoms with Crippen LogP contribution in [0, 0.1) is 0 Å². The number of aryl methyl sites for hydroxylation is 1. The molecule has 0 amide bonds. The minimum Gasteiger partial charge on any atom is -0.496 e. The van der Waals surface area contributed by atoms with Gasteiger partial charge in [-0.3, -0.25) is 4.79 Å². The molecule has 20 heavy (non-hydrogen) atoms. The van der Waals surface area contributed by atoms with Crippen molar-refractivity contribution in [3.05, 3.63) is 38.7 Å². The highest BCUT2D eigenvalue weighted by atomic mass is 79.9. The van der Waals surface area contributed by atoms with Gasteiger partial charge in [0.05, 0.1) is 29.6 Å². The van der Waals surface area contributed by atoms with Crippen LogP contribution in [-0.4, -0.2) is 24.8 Å². The maximum absolute atomic E-state index is 12.3. The first-order chi connectivity index (χ1) is 9.53. The predicted molar refractivity (Wildman–Crippen MR) is 79.5 cm³/mol. The summed E-state index contributed by atoms with van der Waals surface area (Å²) in [5, 5.41) is 0.967. The fourth-order valence-electron chi connectivity index (χ4n) is 2.06. The number of fused-ring (bicyclic) bond motifs is 1. The van der Waals surface area contributed by atoms with Crippen LogP contribution in [-0.2, 0) is 11.3 Å². The van der Waals surface area contributed by atoms with Crippen molar-refractivity contribution in [3.8, 4) is 5.75 Å². The molecule has 0 aliphatic carbocycles. The van der Waals surface area contributed by atoms with Crippen molar-refractivity contribution >= 4 is 32.7 Å². The number of hydrogen-bond acceptors (Lipinski definition) is 4. The monoisotopic (exact) mass is 339 g/mol. The molecule has 1 aromatic heterocycles. The van der Waals surface area contributed by atoms with Crippen molar-refractivity contribution in [1.82, 2.24) is 4.57 Å². The summed E-state index contributed by atoms with van der Waals surface area (Å²) in [4.78, 5) is 24.2. The number of esters is 1. The summed E-state index contributed by atoms with van der Waals surface area (Å²) in [7, 11) is 2.84. The first kappa shape index (κ1) is 14.6. The number of carbonyl (C=O) groups is 1. The van der Waals surface area contributed by atoms with E-state index < -0.39 is 5.97 Å². The van der Waals surface area contributed by atoms with Crippen LogP contribution in [0.3, 0.4) is 0 Å². The average molecular weight is 340 g/mol. The van der Waals surface area contributed by atoms with Crippen LogP contribution in [0.15, 0.2) is 27.6 Å². The number of ether oxygens (including phenoxy) is 2. The lowest BCUT2D eigenvalue weighted by Gasteiger charge is -2.11. The van der Waals surface area contributed by atoms with Gasteiger partial charge in [-0.05, 0) is 35.0 Å². The molecule has 0 unspecified atom stereocenters. The van der Waals surface area contributed by atoms with Gasteiger partial charge in [0, 0.05) is 18.1 Å². The molecule has 2 aromatic rings. The van der Waals surface area contributed by atoms with E-state index in [1.807, 2.05) is 6.92 Å². The fourth-order valence-corrected chi connectivity index (χ4v) is 2.56. The van der Waals surface area contributed by atoms with Crippen molar-refractivity contribution in [2.45, 2.75) is 13.5 Å². The quantitative estimate of drug-likeness (QED) is 0.806. The van der Waals surface area contributed by atoms with E-state index in [9.17, 15) is 9.59 Å². The van der Waals surface area contributed by atoms with Crippen LogP contribution in [0.5, 0.6) is 5.75 Å². The Morgan fingerprint density at radius 2 is 2.00 bits per heavy atom. The fraction of sp³-hybridized carbons (Fsp3) is 0.286. The smallest absolute Gasteiger partial charge is 0.339 e. The van der Waals surface area contributed by atoms with Crippen molar-refractivity contribution in [3.63, 3.8) is 0 Å². The lowest BCUT2D eigenvalue weighted by Crippen LogP contribution is -2.21. The molecule has 0 atom stereocenters. The Hall–Kier alpha value is -1.82. The molecule has 2 rings (SSSR count). The van der Waals surface area contributed by atoms with Crippen LogP contribution in [0.2, 0.25) is 0 Å². The zero-order valence-electron chi connectivity index (χ0n) is 11.4. The number of aromatic nitrogens is 1. The molecule has 6 heteroatoms. The van der Waals surface area contributed by atoms with Crippen molar-refractivity contribution in [2.24, 2.45) is 0 Å². The Balaban J connectivity index is 2.93. The largest absolute Gasteiger partial charge is 0.496 e. The molecule has 106 valence electrons. The van der Waals surface area contributed by atoms with E-state index in [1.165, 1.54) is 25.0 Å². The minimum absolute atomic E-state index is 0.166. The summed E-state index contributed by atoms with van der Waals surface area (Å²) in [6.07, 6.45) is 1.52. The number of carbonyl (C=O) groups excluding carboxylic acids is 1. The second kappa shape index (κ2) is 5.66. The summed E-state index contributed by atoms with van der Waals surface area (Å²) >= 11 is 3.36. The summed E-state index contributed by atoms with van der Waals surface area (Å²) in [5.74, 6) is 0.0635. The molecule has 0 radical (unpaired) electrons. The highest BCUT2D eigenvalue weighted by molar-refractivity contribution is 9.10. The zero-order valence-corrected chi connectivity index (χ0v) is 13.0. The normalized spacial score (nSPS) is 10.6. The topological polar surface area (TPSA) is 57.5 Å². The summed E-state index contributed by atoms with van der Waals surface area (Å²) < 4.78 is 12.1. The zero-order chi connectivity index (χ0) is 14.9. The standard InChI is InChI=1S/C14H14BrNO4/c1-4-16-7-10(14(18)20-3)8-5-11(15)12(19-2)6-9(8)13(16)17/h5-7H,4H2,1-3H3. The van der Waals surface area contributed by atoms with Gasteiger partial charge in [0.15, 0.2) is 0 Å². The first-order valence-electron chi connectivity index (χ1n) is 6.02.